The predicted molar refractivity (Wildman–Crippen MR) is 114 cm³/mol. The Balaban J connectivity index is 0.00000280. The van der Waals surface area contributed by atoms with E-state index in [4.69, 9.17) is 15.2 Å². The van der Waals surface area contributed by atoms with Gasteiger partial charge in [0.05, 0.1) is 24.7 Å². The number of aromatic nitrogens is 2. The number of amides is 1. The highest BCUT2D eigenvalue weighted by Crippen LogP contribution is 2.31. The number of thiazole rings is 1. The number of benzene rings is 1. The van der Waals surface area contributed by atoms with Crippen LogP contribution in [-0.2, 0) is 12.8 Å². The highest BCUT2D eigenvalue weighted by molar-refractivity contribution is 7.09. The summed E-state index contributed by atoms with van der Waals surface area (Å²) in [6.07, 6.45) is 2.33. The van der Waals surface area contributed by atoms with Crippen molar-refractivity contribution in [2.45, 2.75) is 19.3 Å². The summed E-state index contributed by atoms with van der Waals surface area (Å²) in [7, 11) is 3.28. The maximum absolute atomic E-state index is 12.1. The van der Waals surface area contributed by atoms with Gasteiger partial charge in [-0.05, 0) is 25.5 Å². The number of rotatable bonds is 9. The zero-order valence-electron chi connectivity index (χ0n) is 15.9. The third-order valence-corrected chi connectivity index (χ3v) is 5.14. The molecule has 0 atom stereocenters. The molecule has 9 heteroatoms. The van der Waals surface area contributed by atoms with E-state index in [0.717, 1.165) is 45.9 Å². The smallest absolute Gasteiger partial charge is 0.270 e. The lowest BCUT2D eigenvalue weighted by Crippen LogP contribution is -2.25. The molecule has 0 unspecified atom stereocenters. The van der Waals surface area contributed by atoms with Crippen molar-refractivity contribution >= 4 is 40.6 Å². The van der Waals surface area contributed by atoms with E-state index in [2.05, 4.69) is 21.4 Å². The van der Waals surface area contributed by atoms with Crippen molar-refractivity contribution in [2.24, 2.45) is 5.73 Å². The van der Waals surface area contributed by atoms with Gasteiger partial charge >= 0.3 is 0 Å². The van der Waals surface area contributed by atoms with Crippen LogP contribution in [0.15, 0.2) is 23.6 Å². The molecule has 0 aliphatic heterocycles. The molecule has 3 aromatic rings. The zero-order chi connectivity index (χ0) is 19.2. The van der Waals surface area contributed by atoms with Crippen LogP contribution in [0.4, 0.5) is 0 Å². The van der Waals surface area contributed by atoms with Gasteiger partial charge in [0.15, 0.2) is 0 Å². The minimum atomic E-state index is -0.141. The number of hydrogen-bond acceptors (Lipinski definition) is 6. The lowest BCUT2D eigenvalue weighted by atomic mass is 10.2. The summed E-state index contributed by atoms with van der Waals surface area (Å²) in [6, 6.07) is 5.90. The molecule has 152 valence electrons. The molecule has 2 aromatic heterocycles. The molecule has 4 N–H and O–H groups in total. The van der Waals surface area contributed by atoms with Gasteiger partial charge in [0, 0.05) is 41.6 Å². The van der Waals surface area contributed by atoms with Crippen LogP contribution in [0.25, 0.3) is 10.9 Å². The number of carbonyl (C=O) groups is 1. The normalized spacial score (nSPS) is 10.5. The Morgan fingerprint density at radius 3 is 2.79 bits per heavy atom. The molecule has 0 bridgehead atoms. The van der Waals surface area contributed by atoms with E-state index in [1.165, 1.54) is 11.3 Å². The molecule has 0 saturated heterocycles. The monoisotopic (exact) mass is 424 g/mol. The summed E-state index contributed by atoms with van der Waals surface area (Å²) in [5.41, 5.74) is 8.03. The first kappa shape index (κ1) is 22.0. The number of halogens is 1. The van der Waals surface area contributed by atoms with Gasteiger partial charge in [-0.15, -0.1) is 23.7 Å². The molecular weight excluding hydrogens is 400 g/mol. The third-order valence-electron chi connectivity index (χ3n) is 4.24. The number of ether oxygens (including phenoxy) is 2. The largest absolute Gasteiger partial charge is 0.497 e. The van der Waals surface area contributed by atoms with Crippen LogP contribution < -0.4 is 20.5 Å². The Labute approximate surface area is 174 Å². The Morgan fingerprint density at radius 2 is 2.07 bits per heavy atom. The van der Waals surface area contributed by atoms with Gasteiger partial charge in [0.25, 0.3) is 5.91 Å². The van der Waals surface area contributed by atoms with Crippen LogP contribution in [0.3, 0.4) is 0 Å². The van der Waals surface area contributed by atoms with Crippen molar-refractivity contribution in [1.82, 2.24) is 15.3 Å². The van der Waals surface area contributed by atoms with E-state index in [1.807, 2.05) is 12.1 Å². The highest BCUT2D eigenvalue weighted by atomic mass is 35.5. The summed E-state index contributed by atoms with van der Waals surface area (Å²) >= 11 is 1.47. The summed E-state index contributed by atoms with van der Waals surface area (Å²) in [5, 5.41) is 6.60. The Kier molecular flexibility index (Phi) is 8.10. The second kappa shape index (κ2) is 10.3. The summed E-state index contributed by atoms with van der Waals surface area (Å²) in [5.74, 6) is 1.38. The molecule has 0 aliphatic rings. The first-order valence-corrected chi connectivity index (χ1v) is 9.69. The number of hydrogen-bond donors (Lipinski definition) is 3. The van der Waals surface area contributed by atoms with Crippen molar-refractivity contribution in [2.75, 3.05) is 27.3 Å². The molecule has 0 fully saturated rings. The predicted octanol–water partition coefficient (Wildman–Crippen LogP) is 2.93. The maximum Gasteiger partial charge on any atom is 0.270 e. The number of fused-ring (bicyclic) bond motifs is 1. The van der Waals surface area contributed by atoms with Crippen molar-refractivity contribution in [3.63, 3.8) is 0 Å². The van der Waals surface area contributed by atoms with Gasteiger partial charge in [0.2, 0.25) is 0 Å². The van der Waals surface area contributed by atoms with E-state index in [-0.39, 0.29) is 18.3 Å². The molecule has 0 spiro atoms. The standard InChI is InChI=1S/C19H24N4O3S.ClH/c1-25-13-9-15-14(17(10-13)26-2)8-12(22-15)4-3-7-21-19(24)16-11-27-18(23-16)5-6-20;/h8-11,22H,3-7,20H2,1-2H3,(H,21,24);1H. The maximum atomic E-state index is 12.1. The average Bonchev–Trinajstić information content (AvgIpc) is 3.31. The second-order valence-electron chi connectivity index (χ2n) is 6.11. The number of aromatic amines is 1. The van der Waals surface area contributed by atoms with Crippen LogP contribution in [0, 0.1) is 0 Å². The second-order valence-corrected chi connectivity index (χ2v) is 7.05. The van der Waals surface area contributed by atoms with Gasteiger partial charge in [-0.1, -0.05) is 0 Å². The fourth-order valence-electron chi connectivity index (χ4n) is 2.88. The average molecular weight is 425 g/mol. The molecule has 1 aromatic carbocycles. The van der Waals surface area contributed by atoms with E-state index < -0.39 is 0 Å². The molecular formula is C19H25ClN4O3S. The van der Waals surface area contributed by atoms with Crippen molar-refractivity contribution in [3.05, 3.63) is 40.0 Å². The Bertz CT molecular complexity index is 925. The molecule has 1 amide bonds. The van der Waals surface area contributed by atoms with Crippen LogP contribution in [-0.4, -0.2) is 43.2 Å². The Morgan fingerprint density at radius 1 is 1.25 bits per heavy atom. The van der Waals surface area contributed by atoms with Crippen LogP contribution in [0.1, 0.15) is 27.6 Å². The summed E-state index contributed by atoms with van der Waals surface area (Å²) < 4.78 is 10.7. The van der Waals surface area contributed by atoms with E-state index in [1.54, 1.807) is 19.6 Å². The minimum absolute atomic E-state index is 0. The van der Waals surface area contributed by atoms with Gasteiger partial charge in [-0.2, -0.15) is 0 Å². The summed E-state index contributed by atoms with van der Waals surface area (Å²) in [6.45, 7) is 1.12. The molecule has 0 aliphatic carbocycles. The van der Waals surface area contributed by atoms with Crippen LogP contribution in [0.2, 0.25) is 0 Å². The topological polar surface area (TPSA) is 102 Å². The number of H-pyrrole nitrogens is 1. The number of carbonyl (C=O) groups excluding carboxylic acids is 1. The molecule has 28 heavy (non-hydrogen) atoms. The van der Waals surface area contributed by atoms with Crippen LogP contribution >= 0.6 is 23.7 Å². The minimum Gasteiger partial charge on any atom is -0.497 e. The highest BCUT2D eigenvalue weighted by Gasteiger charge is 2.11. The molecule has 0 saturated carbocycles. The molecule has 7 nitrogen and oxygen atoms in total. The third kappa shape index (κ3) is 5.15. The van der Waals surface area contributed by atoms with Crippen LogP contribution in [0.5, 0.6) is 11.5 Å². The number of methoxy groups -OCH3 is 2. The summed E-state index contributed by atoms with van der Waals surface area (Å²) in [4.78, 5) is 19.8. The van der Waals surface area contributed by atoms with Crippen molar-refractivity contribution in [3.8, 4) is 11.5 Å². The molecule has 0 radical (unpaired) electrons. The quantitative estimate of drug-likeness (QED) is 0.458. The lowest BCUT2D eigenvalue weighted by molar-refractivity contribution is 0.0948. The molecule has 3 rings (SSSR count). The van der Waals surface area contributed by atoms with Gasteiger partial charge in [-0.25, -0.2) is 4.98 Å². The number of nitrogens with one attached hydrogen (secondary N) is 2. The van der Waals surface area contributed by atoms with Gasteiger partial charge in [0.1, 0.15) is 17.2 Å². The van der Waals surface area contributed by atoms with E-state index in [9.17, 15) is 4.79 Å². The first-order valence-electron chi connectivity index (χ1n) is 8.81. The molecule has 2 heterocycles. The number of aryl methyl sites for hydroxylation is 1. The van der Waals surface area contributed by atoms with E-state index >= 15 is 0 Å². The van der Waals surface area contributed by atoms with Gasteiger partial charge < -0.3 is 25.5 Å². The lowest BCUT2D eigenvalue weighted by Gasteiger charge is -2.04. The van der Waals surface area contributed by atoms with Crippen molar-refractivity contribution in [1.29, 1.82) is 0 Å². The number of nitrogens with two attached hydrogens (primary N) is 1. The Hall–Kier alpha value is -2.29. The zero-order valence-corrected chi connectivity index (χ0v) is 17.5. The first-order chi connectivity index (χ1) is 13.1. The number of nitrogens with zero attached hydrogens (tertiary/aromatic N) is 1. The fourth-order valence-corrected chi connectivity index (χ4v) is 3.68. The SMILES string of the molecule is COc1cc(OC)c2cc(CCCNC(=O)c3csc(CCN)n3)[nH]c2c1.Cl. The fraction of sp³-hybridized carbons (Fsp3) is 0.368. The van der Waals surface area contributed by atoms with E-state index in [0.29, 0.717) is 25.2 Å². The van der Waals surface area contributed by atoms with Crippen molar-refractivity contribution < 1.29 is 14.3 Å². The van der Waals surface area contributed by atoms with Gasteiger partial charge in [-0.3, -0.25) is 4.79 Å².